The number of carbonyl (C=O) groups is 2. The minimum absolute atomic E-state index is 0.0194. The molecule has 1 aromatic carbocycles. The van der Waals surface area contributed by atoms with Crippen molar-refractivity contribution in [3.05, 3.63) is 35.4 Å². The smallest absolute Gasteiger partial charge is 0.253 e. The first-order valence-electron chi connectivity index (χ1n) is 8.53. The van der Waals surface area contributed by atoms with Gasteiger partial charge in [-0.25, -0.2) is 0 Å². The third-order valence-corrected chi connectivity index (χ3v) is 4.72. The van der Waals surface area contributed by atoms with E-state index in [2.05, 4.69) is 5.32 Å². The van der Waals surface area contributed by atoms with E-state index in [4.69, 9.17) is 0 Å². The highest BCUT2D eigenvalue weighted by molar-refractivity contribution is 5.94. The minimum Gasteiger partial charge on any atom is -0.340 e. The molecular formula is C18H25N3O2. The molecule has 2 amide bonds. The molecule has 2 saturated heterocycles. The maximum Gasteiger partial charge on any atom is 0.253 e. The first-order chi connectivity index (χ1) is 11.1. The number of aryl methyl sites for hydroxylation is 1. The average Bonchev–Trinajstić information content (AvgIpc) is 2.98. The highest BCUT2D eigenvalue weighted by atomic mass is 16.2. The molecule has 2 fully saturated rings. The number of rotatable bonds is 2. The van der Waals surface area contributed by atoms with E-state index in [-0.39, 0.29) is 17.9 Å². The fourth-order valence-corrected chi connectivity index (χ4v) is 3.42. The molecule has 1 unspecified atom stereocenters. The second-order valence-corrected chi connectivity index (χ2v) is 6.49. The summed E-state index contributed by atoms with van der Waals surface area (Å²) in [7, 11) is 0. The van der Waals surface area contributed by atoms with Crippen molar-refractivity contribution in [3.8, 4) is 0 Å². The third-order valence-electron chi connectivity index (χ3n) is 4.72. The summed E-state index contributed by atoms with van der Waals surface area (Å²) in [5.74, 6) is 0.273. The largest absolute Gasteiger partial charge is 0.340 e. The van der Waals surface area contributed by atoms with Crippen LogP contribution >= 0.6 is 0 Å². The number of carbonyl (C=O) groups excluding carboxylic acids is 2. The molecule has 0 spiro atoms. The Labute approximate surface area is 137 Å². The lowest BCUT2D eigenvalue weighted by Crippen LogP contribution is -2.45. The summed E-state index contributed by atoms with van der Waals surface area (Å²) < 4.78 is 0. The highest BCUT2D eigenvalue weighted by Crippen LogP contribution is 2.14. The number of hydrogen-bond donors (Lipinski definition) is 1. The Kier molecular flexibility index (Phi) is 4.96. The molecule has 0 aliphatic carbocycles. The molecule has 5 heteroatoms. The molecule has 2 aliphatic rings. The van der Waals surface area contributed by atoms with Gasteiger partial charge in [0.1, 0.15) is 0 Å². The van der Waals surface area contributed by atoms with Gasteiger partial charge >= 0.3 is 0 Å². The Balaban J connectivity index is 1.61. The molecule has 0 bridgehead atoms. The van der Waals surface area contributed by atoms with Crippen molar-refractivity contribution in [2.24, 2.45) is 0 Å². The molecule has 1 aromatic rings. The monoisotopic (exact) mass is 315 g/mol. The Hall–Kier alpha value is -1.88. The van der Waals surface area contributed by atoms with Crippen LogP contribution in [-0.2, 0) is 4.79 Å². The van der Waals surface area contributed by atoms with Crippen LogP contribution in [-0.4, -0.2) is 60.4 Å². The first kappa shape index (κ1) is 16.0. The predicted molar refractivity (Wildman–Crippen MR) is 89.3 cm³/mol. The van der Waals surface area contributed by atoms with Gasteiger partial charge in [-0.05, 0) is 44.9 Å². The normalized spacial score (nSPS) is 22.0. The molecule has 124 valence electrons. The summed E-state index contributed by atoms with van der Waals surface area (Å²) in [5.41, 5.74) is 1.83. The average molecular weight is 315 g/mol. The summed E-state index contributed by atoms with van der Waals surface area (Å²) >= 11 is 0. The van der Waals surface area contributed by atoms with Crippen LogP contribution in [0.5, 0.6) is 0 Å². The van der Waals surface area contributed by atoms with Crippen LogP contribution in [0.4, 0.5) is 0 Å². The van der Waals surface area contributed by atoms with E-state index in [0.717, 1.165) is 43.5 Å². The molecule has 5 nitrogen and oxygen atoms in total. The van der Waals surface area contributed by atoms with Crippen LogP contribution in [0.3, 0.4) is 0 Å². The van der Waals surface area contributed by atoms with Gasteiger partial charge in [0.2, 0.25) is 5.91 Å². The van der Waals surface area contributed by atoms with E-state index in [9.17, 15) is 9.59 Å². The summed E-state index contributed by atoms with van der Waals surface area (Å²) in [4.78, 5) is 29.0. The zero-order valence-electron chi connectivity index (χ0n) is 13.8. The van der Waals surface area contributed by atoms with Gasteiger partial charge in [-0.2, -0.15) is 0 Å². The van der Waals surface area contributed by atoms with Gasteiger partial charge in [0.05, 0.1) is 6.04 Å². The molecule has 3 rings (SSSR count). The van der Waals surface area contributed by atoms with Crippen LogP contribution in [0.15, 0.2) is 24.3 Å². The predicted octanol–water partition coefficient (Wildman–Crippen LogP) is 1.42. The number of amides is 2. The van der Waals surface area contributed by atoms with Gasteiger partial charge < -0.3 is 15.1 Å². The molecule has 2 heterocycles. The van der Waals surface area contributed by atoms with Crippen LogP contribution in [0.2, 0.25) is 0 Å². The molecule has 1 N–H and O–H groups in total. The molecule has 0 saturated carbocycles. The lowest BCUT2D eigenvalue weighted by atomic mass is 10.1. The fraction of sp³-hybridized carbons (Fsp3) is 0.556. The SMILES string of the molecule is Cc1cccc(C(=O)N2CCCN(C(=O)C3CCCN3)CC2)c1. The Morgan fingerprint density at radius 3 is 2.61 bits per heavy atom. The van der Waals surface area contributed by atoms with E-state index >= 15 is 0 Å². The van der Waals surface area contributed by atoms with Gasteiger partial charge in [-0.3, -0.25) is 9.59 Å². The van der Waals surface area contributed by atoms with E-state index in [1.165, 1.54) is 0 Å². The van der Waals surface area contributed by atoms with Gasteiger partial charge in [-0.15, -0.1) is 0 Å². The van der Waals surface area contributed by atoms with Gasteiger partial charge in [0.15, 0.2) is 0 Å². The van der Waals surface area contributed by atoms with E-state index in [1.807, 2.05) is 41.0 Å². The van der Waals surface area contributed by atoms with E-state index in [0.29, 0.717) is 19.6 Å². The van der Waals surface area contributed by atoms with Crippen molar-refractivity contribution in [2.75, 3.05) is 32.7 Å². The van der Waals surface area contributed by atoms with Crippen LogP contribution in [0.25, 0.3) is 0 Å². The fourth-order valence-electron chi connectivity index (χ4n) is 3.42. The maximum atomic E-state index is 12.6. The Morgan fingerprint density at radius 2 is 1.87 bits per heavy atom. The van der Waals surface area contributed by atoms with Crippen molar-refractivity contribution in [3.63, 3.8) is 0 Å². The topological polar surface area (TPSA) is 52.7 Å². The van der Waals surface area contributed by atoms with Crippen molar-refractivity contribution < 1.29 is 9.59 Å². The molecular weight excluding hydrogens is 290 g/mol. The first-order valence-corrected chi connectivity index (χ1v) is 8.53. The molecule has 0 radical (unpaired) electrons. The van der Waals surface area contributed by atoms with Crippen LogP contribution < -0.4 is 5.32 Å². The van der Waals surface area contributed by atoms with E-state index < -0.39 is 0 Å². The zero-order chi connectivity index (χ0) is 16.2. The quantitative estimate of drug-likeness (QED) is 0.898. The van der Waals surface area contributed by atoms with Gasteiger partial charge in [0.25, 0.3) is 5.91 Å². The Bertz CT molecular complexity index is 581. The minimum atomic E-state index is -0.0194. The number of nitrogens with one attached hydrogen (secondary N) is 1. The summed E-state index contributed by atoms with van der Waals surface area (Å²) in [6.07, 6.45) is 2.85. The lowest BCUT2D eigenvalue weighted by molar-refractivity contribution is -0.132. The number of hydrogen-bond acceptors (Lipinski definition) is 3. The van der Waals surface area contributed by atoms with E-state index in [1.54, 1.807) is 0 Å². The van der Waals surface area contributed by atoms with Gasteiger partial charge in [-0.1, -0.05) is 17.7 Å². The summed E-state index contributed by atoms with van der Waals surface area (Å²) in [6, 6.07) is 7.69. The van der Waals surface area contributed by atoms with Crippen LogP contribution in [0.1, 0.15) is 35.2 Å². The van der Waals surface area contributed by atoms with Crippen molar-refractivity contribution in [1.82, 2.24) is 15.1 Å². The van der Waals surface area contributed by atoms with Crippen molar-refractivity contribution in [1.29, 1.82) is 0 Å². The van der Waals surface area contributed by atoms with Crippen molar-refractivity contribution >= 4 is 11.8 Å². The van der Waals surface area contributed by atoms with Crippen LogP contribution in [0, 0.1) is 6.92 Å². The molecule has 0 aromatic heterocycles. The third kappa shape index (κ3) is 3.72. The van der Waals surface area contributed by atoms with Crippen molar-refractivity contribution in [2.45, 2.75) is 32.2 Å². The number of benzene rings is 1. The Morgan fingerprint density at radius 1 is 1.09 bits per heavy atom. The standard InChI is InChI=1S/C18H25N3O2/c1-14-5-2-6-15(13-14)17(22)20-9-4-10-21(12-11-20)18(23)16-7-3-8-19-16/h2,5-6,13,16,19H,3-4,7-12H2,1H3. The molecule has 23 heavy (non-hydrogen) atoms. The second-order valence-electron chi connectivity index (χ2n) is 6.49. The van der Waals surface area contributed by atoms with Gasteiger partial charge in [0, 0.05) is 31.7 Å². The highest BCUT2D eigenvalue weighted by Gasteiger charge is 2.29. The summed E-state index contributed by atoms with van der Waals surface area (Å²) in [5, 5.41) is 3.27. The molecule has 1 atom stereocenters. The lowest BCUT2D eigenvalue weighted by Gasteiger charge is -2.24. The number of nitrogens with zero attached hydrogens (tertiary/aromatic N) is 2. The molecule has 2 aliphatic heterocycles. The second kappa shape index (κ2) is 7.13. The zero-order valence-corrected chi connectivity index (χ0v) is 13.8. The summed E-state index contributed by atoms with van der Waals surface area (Å²) in [6.45, 7) is 5.64. The maximum absolute atomic E-state index is 12.6.